The minimum Gasteiger partial charge on any atom is -0.143 e. The van der Waals surface area contributed by atoms with Crippen LogP contribution < -0.4 is 0 Å². The van der Waals surface area contributed by atoms with Gasteiger partial charge in [-0.15, -0.1) is 34.4 Å². The molecule has 1 aliphatic heterocycles. The summed E-state index contributed by atoms with van der Waals surface area (Å²) in [7, 11) is -1.78. The normalized spacial score (nSPS) is 29.6. The van der Waals surface area contributed by atoms with Crippen molar-refractivity contribution < 1.29 is 0 Å². The van der Waals surface area contributed by atoms with E-state index < -0.39 is 8.07 Å². The van der Waals surface area contributed by atoms with Crippen molar-refractivity contribution in [3.8, 4) is 0 Å². The second-order valence-corrected chi connectivity index (χ2v) is 25.5. The van der Waals surface area contributed by atoms with E-state index in [1.807, 2.05) is 22.7 Å². The Hall–Kier alpha value is -2.63. The van der Waals surface area contributed by atoms with Crippen molar-refractivity contribution in [3.63, 3.8) is 0 Å². The van der Waals surface area contributed by atoms with E-state index >= 15 is 0 Å². The molecule has 8 unspecified atom stereocenters. The van der Waals surface area contributed by atoms with Crippen LogP contribution >= 0.6 is 34.4 Å². The van der Waals surface area contributed by atoms with Crippen molar-refractivity contribution in [2.45, 2.75) is 82.3 Å². The van der Waals surface area contributed by atoms with Gasteiger partial charge in [-0.05, 0) is 110 Å². The van der Waals surface area contributed by atoms with Gasteiger partial charge in [0.1, 0.15) is 0 Å². The molecule has 2 fully saturated rings. The number of allylic oxidation sites excluding steroid dienone is 5. The standard InChI is InChI=1S/C46H50S3Si/c1-27-23-35-31(29-19-21-30(22-20-29)46(3,4)5)15-12-16-34(35)44(27)50(6,7)45-28(2)24-36-41(37-25-47-39-17-10-8-13-32(37)39)42(49-43(36)45)38-26-48-40-18-11-9-14-33(38)40/h8-22,25-28,34-36,43-45H,23-24H2,1-7H3. The highest BCUT2D eigenvalue weighted by Crippen LogP contribution is 2.69. The lowest BCUT2D eigenvalue weighted by atomic mass is 9.80. The number of hydrogen-bond donors (Lipinski definition) is 0. The lowest BCUT2D eigenvalue weighted by Crippen LogP contribution is -2.46. The summed E-state index contributed by atoms with van der Waals surface area (Å²) in [5.41, 5.74) is 10.9. The van der Waals surface area contributed by atoms with Crippen molar-refractivity contribution in [2.24, 2.45) is 29.6 Å². The predicted octanol–water partition coefficient (Wildman–Crippen LogP) is 14.4. The fraction of sp³-hybridized carbons (Fsp3) is 0.391. The first-order chi connectivity index (χ1) is 24.0. The van der Waals surface area contributed by atoms with Gasteiger partial charge in [0, 0.05) is 35.9 Å². The molecule has 8 atom stereocenters. The fourth-order valence-corrected chi connectivity index (χ4v) is 22.4. The van der Waals surface area contributed by atoms with Crippen LogP contribution in [0.3, 0.4) is 0 Å². The summed E-state index contributed by atoms with van der Waals surface area (Å²) >= 11 is 6.15. The Morgan fingerprint density at radius 1 is 0.700 bits per heavy atom. The zero-order valence-corrected chi connectivity index (χ0v) is 34.0. The van der Waals surface area contributed by atoms with Crippen LogP contribution in [0.2, 0.25) is 24.2 Å². The highest BCUT2D eigenvalue weighted by Gasteiger charge is 2.60. The first kappa shape index (κ1) is 33.2. The third kappa shape index (κ3) is 5.17. The smallest absolute Gasteiger partial charge is 0.0558 e. The number of rotatable bonds is 5. The van der Waals surface area contributed by atoms with Crippen LogP contribution in [-0.2, 0) is 5.41 Å². The summed E-state index contributed by atoms with van der Waals surface area (Å²) in [5, 5.41) is 8.52. The first-order valence-electron chi connectivity index (χ1n) is 18.9. The van der Waals surface area contributed by atoms with Gasteiger partial charge >= 0.3 is 0 Å². The number of benzene rings is 3. The molecule has 4 aliphatic rings. The summed E-state index contributed by atoms with van der Waals surface area (Å²) in [6.07, 6.45) is 10.2. The summed E-state index contributed by atoms with van der Waals surface area (Å²) in [5.74, 6) is 3.40. The Balaban J connectivity index is 1.08. The maximum Gasteiger partial charge on any atom is 0.0558 e. The van der Waals surface area contributed by atoms with Gasteiger partial charge in [0.15, 0.2) is 0 Å². The molecule has 5 aromatic rings. The van der Waals surface area contributed by atoms with E-state index in [2.05, 4.69) is 161 Å². The van der Waals surface area contributed by atoms with E-state index in [-0.39, 0.29) is 5.41 Å². The molecule has 0 saturated heterocycles. The topological polar surface area (TPSA) is 0 Å². The molecule has 3 aromatic carbocycles. The van der Waals surface area contributed by atoms with Gasteiger partial charge in [-0.25, -0.2) is 0 Å². The Kier molecular flexibility index (Phi) is 8.12. The average molecular weight is 727 g/mol. The van der Waals surface area contributed by atoms with Crippen molar-refractivity contribution in [3.05, 3.63) is 124 Å². The van der Waals surface area contributed by atoms with Crippen molar-refractivity contribution in [1.82, 2.24) is 0 Å². The first-order valence-corrected chi connectivity index (χ1v) is 24.6. The maximum absolute atomic E-state index is 2.82. The van der Waals surface area contributed by atoms with E-state index in [0.717, 1.165) is 22.9 Å². The lowest BCUT2D eigenvalue weighted by molar-refractivity contribution is 0.518. The van der Waals surface area contributed by atoms with Crippen LogP contribution in [0.1, 0.15) is 69.7 Å². The minimum atomic E-state index is -1.78. The third-order valence-corrected chi connectivity index (χ3v) is 22.3. The number of thioether (sulfide) groups is 1. The summed E-state index contributed by atoms with van der Waals surface area (Å²) in [6.45, 7) is 17.9. The monoisotopic (exact) mass is 726 g/mol. The molecule has 0 nitrogen and oxygen atoms in total. The Morgan fingerprint density at radius 2 is 1.30 bits per heavy atom. The van der Waals surface area contributed by atoms with Crippen LogP contribution in [-0.4, -0.2) is 13.3 Å². The highest BCUT2D eigenvalue weighted by molar-refractivity contribution is 8.09. The number of thiophene rings is 2. The molecule has 0 spiro atoms. The van der Waals surface area contributed by atoms with Crippen LogP contribution in [0.25, 0.3) is 36.2 Å². The molecule has 2 aromatic heterocycles. The second-order valence-electron chi connectivity index (χ2n) is 17.5. The van der Waals surface area contributed by atoms with Crippen LogP contribution in [0.15, 0.2) is 102 Å². The number of fused-ring (bicyclic) bond motifs is 4. The molecule has 3 heterocycles. The number of hydrogen-bond acceptors (Lipinski definition) is 3. The van der Waals surface area contributed by atoms with Crippen LogP contribution in [0, 0.1) is 29.6 Å². The zero-order chi connectivity index (χ0) is 34.5. The minimum absolute atomic E-state index is 0.181. The Morgan fingerprint density at radius 3 is 1.98 bits per heavy atom. The lowest BCUT2D eigenvalue weighted by Gasteiger charge is -2.45. The zero-order valence-electron chi connectivity index (χ0n) is 30.6. The fourth-order valence-electron chi connectivity index (χ4n) is 11.3. The molecule has 0 amide bonds. The van der Waals surface area contributed by atoms with E-state index in [1.165, 1.54) is 55.3 Å². The van der Waals surface area contributed by atoms with Gasteiger partial charge in [0.2, 0.25) is 0 Å². The summed E-state index contributed by atoms with van der Waals surface area (Å²) in [6, 6.07) is 27.8. The van der Waals surface area contributed by atoms with Gasteiger partial charge in [-0.2, -0.15) is 0 Å². The molecule has 256 valence electrons. The average Bonchev–Trinajstić information content (AvgIpc) is 3.90. The maximum atomic E-state index is 2.82. The van der Waals surface area contributed by atoms with Gasteiger partial charge in [-0.3, -0.25) is 0 Å². The molecule has 2 saturated carbocycles. The molecular weight excluding hydrogens is 677 g/mol. The van der Waals surface area contributed by atoms with Crippen LogP contribution in [0.4, 0.5) is 0 Å². The predicted molar refractivity (Wildman–Crippen MR) is 227 cm³/mol. The quantitative estimate of drug-likeness (QED) is 0.163. The Labute approximate surface area is 312 Å². The van der Waals surface area contributed by atoms with Crippen molar-refractivity contribution in [1.29, 1.82) is 0 Å². The Bertz CT molecular complexity index is 2180. The van der Waals surface area contributed by atoms with Gasteiger partial charge in [0.25, 0.3) is 0 Å². The van der Waals surface area contributed by atoms with Crippen molar-refractivity contribution >= 4 is 78.7 Å². The largest absolute Gasteiger partial charge is 0.143 e. The van der Waals surface area contributed by atoms with E-state index in [9.17, 15) is 0 Å². The van der Waals surface area contributed by atoms with Crippen LogP contribution in [0.5, 0.6) is 0 Å². The highest BCUT2D eigenvalue weighted by atomic mass is 32.2. The molecule has 9 rings (SSSR count). The van der Waals surface area contributed by atoms with E-state index in [1.54, 1.807) is 16.1 Å². The molecule has 3 aliphatic carbocycles. The van der Waals surface area contributed by atoms with E-state index in [4.69, 9.17) is 0 Å². The van der Waals surface area contributed by atoms with Gasteiger partial charge < -0.3 is 0 Å². The molecular formula is C46H50S3Si. The molecule has 0 N–H and O–H groups in total. The second kappa shape index (κ2) is 12.2. The van der Waals surface area contributed by atoms with E-state index in [0.29, 0.717) is 23.0 Å². The molecule has 50 heavy (non-hydrogen) atoms. The van der Waals surface area contributed by atoms with Gasteiger partial charge in [-0.1, -0.05) is 127 Å². The SMILES string of the molecule is CC1CC2C(c3ccc(C(C)(C)C)cc3)=CC=CC2C1[Si](C)(C)C1C(C)CC2C(c3csc4ccccc34)=C(c3csc4ccccc34)SC21. The van der Waals surface area contributed by atoms with Crippen molar-refractivity contribution in [2.75, 3.05) is 0 Å². The molecule has 0 bridgehead atoms. The molecule has 4 heteroatoms. The summed E-state index contributed by atoms with van der Waals surface area (Å²) in [4.78, 5) is 1.58. The van der Waals surface area contributed by atoms with Gasteiger partial charge in [0.05, 0.1) is 8.07 Å². The summed E-state index contributed by atoms with van der Waals surface area (Å²) < 4.78 is 2.83. The third-order valence-electron chi connectivity index (χ3n) is 13.3. The molecule has 0 radical (unpaired) electrons.